The summed E-state index contributed by atoms with van der Waals surface area (Å²) in [6.45, 7) is 0.00916. The molecule has 1 amide bonds. The van der Waals surface area contributed by atoms with Crippen molar-refractivity contribution in [3.8, 4) is 12.3 Å². The third-order valence-electron chi connectivity index (χ3n) is 3.15. The number of benzene rings is 1. The third kappa shape index (κ3) is 2.66. The van der Waals surface area contributed by atoms with Crippen molar-refractivity contribution in [3.63, 3.8) is 0 Å². The molecule has 0 radical (unpaired) electrons. The molecule has 0 atom stereocenters. The highest BCUT2D eigenvalue weighted by molar-refractivity contribution is 7.16. The maximum atomic E-state index is 14.1. The van der Waals surface area contributed by atoms with Crippen molar-refractivity contribution in [2.45, 2.75) is 6.54 Å². The van der Waals surface area contributed by atoms with Gasteiger partial charge in [0, 0.05) is 25.5 Å². The maximum absolute atomic E-state index is 14.1. The molecule has 0 aliphatic rings. The zero-order chi connectivity index (χ0) is 16.6. The normalized spacial score (nSPS) is 11.8. The summed E-state index contributed by atoms with van der Waals surface area (Å²) in [4.78, 5) is 20.3. The smallest absolute Gasteiger partial charge is 0.315 e. The van der Waals surface area contributed by atoms with Crippen LogP contribution in [0.3, 0.4) is 0 Å². The molecule has 116 valence electrons. The van der Waals surface area contributed by atoms with Gasteiger partial charge in [-0.25, -0.2) is 13.8 Å². The van der Waals surface area contributed by atoms with E-state index in [9.17, 15) is 13.6 Å². The molecule has 23 heavy (non-hydrogen) atoms. The molecule has 0 unspecified atom stereocenters. The van der Waals surface area contributed by atoms with Crippen molar-refractivity contribution in [2.75, 3.05) is 0 Å². The van der Waals surface area contributed by atoms with Crippen LogP contribution < -0.4 is 4.80 Å². The van der Waals surface area contributed by atoms with Gasteiger partial charge in [0.15, 0.2) is 10.6 Å². The van der Waals surface area contributed by atoms with Crippen molar-refractivity contribution in [3.05, 3.63) is 46.8 Å². The van der Waals surface area contributed by atoms with E-state index in [1.807, 2.05) is 0 Å². The van der Waals surface area contributed by atoms with E-state index >= 15 is 0 Å². The second-order valence-corrected chi connectivity index (χ2v) is 5.70. The van der Waals surface area contributed by atoms with Gasteiger partial charge >= 0.3 is 5.91 Å². The molecule has 5 nitrogen and oxygen atoms in total. The molecule has 0 aliphatic heterocycles. The quantitative estimate of drug-likeness (QED) is 0.675. The zero-order valence-corrected chi connectivity index (χ0v) is 12.8. The van der Waals surface area contributed by atoms with E-state index < -0.39 is 17.5 Å². The molecule has 0 aliphatic carbocycles. The lowest BCUT2D eigenvalue weighted by molar-refractivity contribution is 0.0985. The van der Waals surface area contributed by atoms with Gasteiger partial charge in [-0.15, -0.1) is 6.42 Å². The maximum Gasteiger partial charge on any atom is 0.315 e. The van der Waals surface area contributed by atoms with Gasteiger partial charge < -0.3 is 9.13 Å². The Morgan fingerprint density at radius 1 is 1.48 bits per heavy atom. The minimum atomic E-state index is -0.752. The minimum absolute atomic E-state index is 0.00916. The SMILES string of the molecule is C#CCn1c(=NC(=O)c2nccn2C)sc2cc(F)cc(F)c21. The van der Waals surface area contributed by atoms with Crippen LogP contribution in [0.2, 0.25) is 0 Å². The summed E-state index contributed by atoms with van der Waals surface area (Å²) in [6.07, 6.45) is 8.38. The van der Waals surface area contributed by atoms with Gasteiger partial charge in [-0.05, 0) is 6.07 Å². The molecule has 0 fully saturated rings. The van der Waals surface area contributed by atoms with Gasteiger partial charge in [-0.2, -0.15) is 4.99 Å². The van der Waals surface area contributed by atoms with Crippen LogP contribution in [0.15, 0.2) is 29.5 Å². The Balaban J connectivity index is 2.25. The van der Waals surface area contributed by atoms with Crippen LogP contribution in [0, 0.1) is 24.0 Å². The van der Waals surface area contributed by atoms with Crippen LogP contribution in [0.1, 0.15) is 10.6 Å². The first-order valence-electron chi connectivity index (χ1n) is 6.49. The minimum Gasteiger partial charge on any atom is -0.330 e. The Bertz CT molecular complexity index is 1020. The summed E-state index contributed by atoms with van der Waals surface area (Å²) in [7, 11) is 1.66. The fourth-order valence-electron chi connectivity index (χ4n) is 2.16. The number of hydrogen-bond donors (Lipinski definition) is 0. The van der Waals surface area contributed by atoms with E-state index in [2.05, 4.69) is 15.9 Å². The summed E-state index contributed by atoms with van der Waals surface area (Å²) in [5.41, 5.74) is 0.126. The molecule has 2 aromatic heterocycles. The average molecular weight is 332 g/mol. The lowest BCUT2D eigenvalue weighted by atomic mass is 10.3. The monoisotopic (exact) mass is 332 g/mol. The Hall–Kier alpha value is -2.79. The number of fused-ring (bicyclic) bond motifs is 1. The van der Waals surface area contributed by atoms with Crippen LogP contribution in [0.25, 0.3) is 10.2 Å². The molecule has 2 heterocycles. The molecule has 0 spiro atoms. The number of carbonyl (C=O) groups is 1. The molecule has 0 saturated carbocycles. The lowest BCUT2D eigenvalue weighted by Crippen LogP contribution is -2.18. The number of aromatic nitrogens is 3. The fraction of sp³-hybridized carbons (Fsp3) is 0.133. The molecule has 0 bridgehead atoms. The fourth-order valence-corrected chi connectivity index (χ4v) is 3.23. The topological polar surface area (TPSA) is 52.2 Å². The van der Waals surface area contributed by atoms with E-state index in [0.29, 0.717) is 4.70 Å². The summed E-state index contributed by atoms with van der Waals surface area (Å²) >= 11 is 0.987. The van der Waals surface area contributed by atoms with Gasteiger partial charge in [0.25, 0.3) is 0 Å². The molecule has 8 heteroatoms. The van der Waals surface area contributed by atoms with Gasteiger partial charge in [-0.3, -0.25) is 4.79 Å². The molecule has 0 saturated heterocycles. The van der Waals surface area contributed by atoms with Gasteiger partial charge in [0.1, 0.15) is 5.82 Å². The number of imidazole rings is 1. The Kier molecular flexibility index (Phi) is 3.80. The van der Waals surface area contributed by atoms with Crippen molar-refractivity contribution in [2.24, 2.45) is 12.0 Å². The molecule has 0 N–H and O–H groups in total. The number of aryl methyl sites for hydroxylation is 1. The molecule has 3 aromatic rings. The largest absolute Gasteiger partial charge is 0.330 e. The van der Waals surface area contributed by atoms with Gasteiger partial charge in [0.05, 0.1) is 16.8 Å². The summed E-state index contributed by atoms with van der Waals surface area (Å²) in [5, 5.41) is 0. The van der Waals surface area contributed by atoms with E-state index in [0.717, 1.165) is 17.4 Å². The van der Waals surface area contributed by atoms with E-state index in [1.54, 1.807) is 13.2 Å². The van der Waals surface area contributed by atoms with Crippen LogP contribution in [-0.2, 0) is 13.6 Å². The van der Waals surface area contributed by atoms with Crippen LogP contribution in [-0.4, -0.2) is 20.0 Å². The number of terminal acetylenes is 1. The first kappa shape index (κ1) is 15.1. The van der Waals surface area contributed by atoms with E-state index in [1.165, 1.54) is 21.4 Å². The molecular weight excluding hydrogens is 322 g/mol. The number of carbonyl (C=O) groups excluding carboxylic acids is 1. The lowest BCUT2D eigenvalue weighted by Gasteiger charge is -2.01. The number of nitrogens with zero attached hydrogens (tertiary/aromatic N) is 4. The molecular formula is C15H10F2N4OS. The highest BCUT2D eigenvalue weighted by Gasteiger charge is 2.15. The Morgan fingerprint density at radius 2 is 2.26 bits per heavy atom. The Morgan fingerprint density at radius 3 is 2.91 bits per heavy atom. The highest BCUT2D eigenvalue weighted by Crippen LogP contribution is 2.22. The first-order valence-corrected chi connectivity index (χ1v) is 7.31. The number of rotatable bonds is 2. The van der Waals surface area contributed by atoms with E-state index in [4.69, 9.17) is 6.42 Å². The summed E-state index contributed by atoms with van der Waals surface area (Å²) < 4.78 is 30.6. The number of halogens is 2. The molecule has 1 aromatic carbocycles. The van der Waals surface area contributed by atoms with E-state index in [-0.39, 0.29) is 22.7 Å². The zero-order valence-electron chi connectivity index (χ0n) is 12.0. The highest BCUT2D eigenvalue weighted by atomic mass is 32.1. The second kappa shape index (κ2) is 5.78. The predicted molar refractivity (Wildman–Crippen MR) is 81.7 cm³/mol. The first-order chi connectivity index (χ1) is 11.0. The van der Waals surface area contributed by atoms with Gasteiger partial charge in [0.2, 0.25) is 5.82 Å². The van der Waals surface area contributed by atoms with Crippen LogP contribution in [0.5, 0.6) is 0 Å². The van der Waals surface area contributed by atoms with Crippen molar-refractivity contribution in [1.29, 1.82) is 0 Å². The summed E-state index contributed by atoms with van der Waals surface area (Å²) in [5.74, 6) is 0.479. The second-order valence-electron chi connectivity index (χ2n) is 4.69. The van der Waals surface area contributed by atoms with Crippen LogP contribution >= 0.6 is 11.3 Å². The number of hydrogen-bond acceptors (Lipinski definition) is 3. The third-order valence-corrected chi connectivity index (χ3v) is 4.18. The van der Waals surface area contributed by atoms with Crippen molar-refractivity contribution in [1.82, 2.24) is 14.1 Å². The number of thiazole rings is 1. The standard InChI is InChI=1S/C15H10F2N4OS/c1-3-5-21-12-10(17)7-9(16)8-11(12)23-15(21)19-14(22)13-18-4-6-20(13)2/h1,4,6-8H,5H2,2H3. The summed E-state index contributed by atoms with van der Waals surface area (Å²) in [6, 6.07) is 1.95. The molecule has 3 rings (SSSR count). The average Bonchev–Trinajstić information content (AvgIpc) is 3.04. The van der Waals surface area contributed by atoms with Crippen molar-refractivity contribution < 1.29 is 13.6 Å². The Labute approximate surface area is 133 Å². The number of amides is 1. The van der Waals surface area contributed by atoms with Crippen molar-refractivity contribution >= 4 is 27.5 Å². The van der Waals surface area contributed by atoms with Crippen LogP contribution in [0.4, 0.5) is 8.78 Å². The predicted octanol–water partition coefficient (Wildman–Crippen LogP) is 2.09. The van der Waals surface area contributed by atoms with Gasteiger partial charge in [-0.1, -0.05) is 17.3 Å².